The largest absolute Gasteiger partial charge is 0.455 e. The molecule has 3 aromatic rings. The van der Waals surface area contributed by atoms with Crippen LogP contribution in [0.3, 0.4) is 0 Å². The Morgan fingerprint density at radius 1 is 1.37 bits per heavy atom. The molecule has 0 aliphatic carbocycles. The minimum absolute atomic E-state index is 0.151. The van der Waals surface area contributed by atoms with Crippen LogP contribution >= 0.6 is 38.9 Å². The molecule has 98 valence electrons. The van der Waals surface area contributed by atoms with Crippen molar-refractivity contribution in [3.05, 3.63) is 55.6 Å². The van der Waals surface area contributed by atoms with E-state index in [-0.39, 0.29) is 5.58 Å². The van der Waals surface area contributed by atoms with Gasteiger partial charge >= 0.3 is 0 Å². The summed E-state index contributed by atoms with van der Waals surface area (Å²) in [4.78, 5) is 0.635. The Morgan fingerprint density at radius 3 is 2.79 bits per heavy atom. The van der Waals surface area contributed by atoms with Gasteiger partial charge in [-0.15, -0.1) is 11.3 Å². The van der Waals surface area contributed by atoms with E-state index < -0.39 is 11.9 Å². The smallest absolute Gasteiger partial charge is 0.170 e. The predicted octanol–water partition coefficient (Wildman–Crippen LogP) is 5.13. The molecule has 1 unspecified atom stereocenters. The van der Waals surface area contributed by atoms with Gasteiger partial charge in [0, 0.05) is 14.7 Å². The minimum atomic E-state index is -0.958. The second kappa shape index (κ2) is 4.90. The van der Waals surface area contributed by atoms with Crippen LogP contribution < -0.4 is 0 Å². The summed E-state index contributed by atoms with van der Waals surface area (Å²) in [5, 5.41) is 10.9. The zero-order valence-corrected chi connectivity index (χ0v) is 12.5. The molecular weight excluding hydrogens is 355 g/mol. The highest BCUT2D eigenvalue weighted by Gasteiger charge is 2.20. The van der Waals surface area contributed by atoms with E-state index in [4.69, 9.17) is 16.0 Å². The first-order chi connectivity index (χ1) is 9.06. The van der Waals surface area contributed by atoms with E-state index in [0.717, 1.165) is 4.47 Å². The summed E-state index contributed by atoms with van der Waals surface area (Å²) in [6.45, 7) is 0. The van der Waals surface area contributed by atoms with Crippen LogP contribution in [0.1, 0.15) is 16.7 Å². The SMILES string of the molecule is OC(c1cc2cccc(F)c2o1)c1cc(Br)c(Cl)s1. The lowest BCUT2D eigenvalue weighted by molar-refractivity contribution is 0.195. The van der Waals surface area contributed by atoms with Gasteiger partial charge in [0.15, 0.2) is 11.4 Å². The fraction of sp³-hybridized carbons (Fsp3) is 0.0769. The fourth-order valence-corrected chi connectivity index (χ4v) is 3.55. The van der Waals surface area contributed by atoms with Gasteiger partial charge in [-0.25, -0.2) is 4.39 Å². The zero-order valence-electron chi connectivity index (χ0n) is 9.36. The molecule has 1 aromatic carbocycles. The lowest BCUT2D eigenvalue weighted by atomic mass is 10.2. The lowest BCUT2D eigenvalue weighted by Crippen LogP contribution is -1.94. The fourth-order valence-electron chi connectivity index (χ4n) is 1.82. The molecule has 0 saturated carbocycles. The molecule has 0 aliphatic rings. The average Bonchev–Trinajstić information content (AvgIpc) is 2.94. The number of thiophene rings is 1. The maximum atomic E-state index is 13.5. The summed E-state index contributed by atoms with van der Waals surface area (Å²) in [6, 6.07) is 8.00. The molecule has 0 radical (unpaired) electrons. The first-order valence-electron chi connectivity index (χ1n) is 5.37. The Bertz CT molecular complexity index is 733. The highest BCUT2D eigenvalue weighted by molar-refractivity contribution is 9.10. The van der Waals surface area contributed by atoms with Crippen molar-refractivity contribution < 1.29 is 13.9 Å². The Kier molecular flexibility index (Phi) is 3.39. The molecule has 2 nitrogen and oxygen atoms in total. The molecule has 0 saturated heterocycles. The van der Waals surface area contributed by atoms with E-state index in [1.807, 2.05) is 0 Å². The predicted molar refractivity (Wildman–Crippen MR) is 77.3 cm³/mol. The standard InChI is InChI=1S/C13H7BrClFO2S/c14-7-5-10(19-13(7)15)11(17)9-4-6-2-1-3-8(16)12(6)18-9/h1-5,11,17H. The lowest BCUT2D eigenvalue weighted by Gasteiger charge is -2.03. The van der Waals surface area contributed by atoms with Crippen molar-refractivity contribution in [2.45, 2.75) is 6.10 Å². The molecule has 2 aromatic heterocycles. The molecule has 3 rings (SSSR count). The third-order valence-corrected chi connectivity index (χ3v) is 5.25. The van der Waals surface area contributed by atoms with E-state index >= 15 is 0 Å². The van der Waals surface area contributed by atoms with Gasteiger partial charge < -0.3 is 9.52 Å². The van der Waals surface area contributed by atoms with Crippen LogP contribution in [0.25, 0.3) is 11.0 Å². The van der Waals surface area contributed by atoms with Crippen molar-refractivity contribution in [1.82, 2.24) is 0 Å². The van der Waals surface area contributed by atoms with Crippen molar-refractivity contribution in [3.63, 3.8) is 0 Å². The van der Waals surface area contributed by atoms with Crippen LogP contribution in [-0.2, 0) is 0 Å². The van der Waals surface area contributed by atoms with Gasteiger partial charge in [0.25, 0.3) is 0 Å². The molecule has 1 N–H and O–H groups in total. The highest BCUT2D eigenvalue weighted by Crippen LogP contribution is 2.38. The van der Waals surface area contributed by atoms with Gasteiger partial charge in [-0.05, 0) is 34.1 Å². The second-order valence-electron chi connectivity index (χ2n) is 3.98. The first kappa shape index (κ1) is 13.1. The Balaban J connectivity index is 2.06. The normalized spacial score (nSPS) is 13.1. The van der Waals surface area contributed by atoms with Crippen LogP contribution in [-0.4, -0.2) is 5.11 Å². The molecule has 0 spiro atoms. The van der Waals surface area contributed by atoms with E-state index in [1.165, 1.54) is 17.4 Å². The molecule has 1 atom stereocenters. The average molecular weight is 362 g/mol. The number of fused-ring (bicyclic) bond motifs is 1. The van der Waals surface area contributed by atoms with Crippen LogP contribution in [0.2, 0.25) is 4.34 Å². The van der Waals surface area contributed by atoms with Gasteiger partial charge in [0.05, 0.1) is 0 Å². The Labute approximate surface area is 125 Å². The number of halogens is 3. The summed E-state index contributed by atoms with van der Waals surface area (Å²) in [7, 11) is 0. The summed E-state index contributed by atoms with van der Waals surface area (Å²) in [5.41, 5.74) is 0.151. The maximum Gasteiger partial charge on any atom is 0.170 e. The van der Waals surface area contributed by atoms with Gasteiger partial charge in [-0.1, -0.05) is 23.7 Å². The van der Waals surface area contributed by atoms with Gasteiger partial charge in [0.2, 0.25) is 0 Å². The van der Waals surface area contributed by atoms with Crippen LogP contribution in [0.4, 0.5) is 4.39 Å². The topological polar surface area (TPSA) is 33.4 Å². The number of aliphatic hydroxyl groups is 1. The molecule has 19 heavy (non-hydrogen) atoms. The van der Waals surface area contributed by atoms with Crippen molar-refractivity contribution in [2.24, 2.45) is 0 Å². The molecule has 0 bridgehead atoms. The zero-order chi connectivity index (χ0) is 13.6. The molecule has 2 heterocycles. The number of hydrogen-bond acceptors (Lipinski definition) is 3. The van der Waals surface area contributed by atoms with E-state index in [0.29, 0.717) is 20.4 Å². The monoisotopic (exact) mass is 360 g/mol. The maximum absolute atomic E-state index is 13.5. The summed E-state index contributed by atoms with van der Waals surface area (Å²) < 4.78 is 20.2. The summed E-state index contributed by atoms with van der Waals surface area (Å²) in [6.07, 6.45) is -0.958. The van der Waals surface area contributed by atoms with Crippen LogP contribution in [0.15, 0.2) is 39.2 Å². The first-order valence-corrected chi connectivity index (χ1v) is 7.36. The van der Waals surface area contributed by atoms with Crippen LogP contribution in [0, 0.1) is 5.82 Å². The third kappa shape index (κ3) is 2.31. The molecular formula is C13H7BrClFO2S. The van der Waals surface area contributed by atoms with Gasteiger partial charge in [-0.3, -0.25) is 0 Å². The number of aliphatic hydroxyl groups excluding tert-OH is 1. The summed E-state index contributed by atoms with van der Waals surface area (Å²) >= 11 is 10.5. The second-order valence-corrected chi connectivity index (χ2v) is 6.52. The van der Waals surface area contributed by atoms with Gasteiger partial charge in [-0.2, -0.15) is 0 Å². The number of rotatable bonds is 2. The number of hydrogen-bond donors (Lipinski definition) is 1. The Morgan fingerprint density at radius 2 is 2.16 bits per heavy atom. The van der Waals surface area contributed by atoms with Crippen molar-refractivity contribution in [3.8, 4) is 0 Å². The van der Waals surface area contributed by atoms with Crippen LogP contribution in [0.5, 0.6) is 0 Å². The summed E-state index contributed by atoms with van der Waals surface area (Å²) in [5.74, 6) is -0.146. The minimum Gasteiger partial charge on any atom is -0.455 e. The Hall–Kier alpha value is -0.880. The van der Waals surface area contributed by atoms with Gasteiger partial charge in [0.1, 0.15) is 16.2 Å². The van der Waals surface area contributed by atoms with E-state index in [1.54, 1.807) is 24.3 Å². The van der Waals surface area contributed by atoms with Crippen molar-refractivity contribution in [2.75, 3.05) is 0 Å². The third-order valence-electron chi connectivity index (χ3n) is 2.72. The molecule has 0 fully saturated rings. The van der Waals surface area contributed by atoms with Crippen molar-refractivity contribution >= 4 is 49.8 Å². The molecule has 0 aliphatic heterocycles. The van der Waals surface area contributed by atoms with Crippen molar-refractivity contribution in [1.29, 1.82) is 0 Å². The number of benzene rings is 1. The molecule has 0 amide bonds. The number of furan rings is 1. The number of para-hydroxylation sites is 1. The van der Waals surface area contributed by atoms with E-state index in [2.05, 4.69) is 15.9 Å². The molecule has 6 heteroatoms. The van der Waals surface area contributed by atoms with E-state index in [9.17, 15) is 9.50 Å². The quantitative estimate of drug-likeness (QED) is 0.686. The highest BCUT2D eigenvalue weighted by atomic mass is 79.9.